The lowest BCUT2D eigenvalue weighted by molar-refractivity contribution is 0.610. The van der Waals surface area contributed by atoms with Gasteiger partial charge in [-0.05, 0) is 37.9 Å². The summed E-state index contributed by atoms with van der Waals surface area (Å²) in [4.78, 5) is 0. The molecule has 0 aromatic rings. The number of rotatable bonds is 15. The lowest BCUT2D eigenvalue weighted by atomic mass is 10.1. The van der Waals surface area contributed by atoms with Crippen molar-refractivity contribution in [2.24, 2.45) is 11.5 Å². The molecule has 20 heavy (non-hydrogen) atoms. The maximum atomic E-state index is 5.48. The number of hydrogen-bond donors (Lipinski definition) is 2. The molecule has 0 aliphatic rings. The minimum absolute atomic E-state index is 0.195. The van der Waals surface area contributed by atoms with Crippen molar-refractivity contribution in [3.63, 3.8) is 0 Å². The monoisotopic (exact) mass is 300 g/mol. The van der Waals surface area contributed by atoms with Crippen LogP contribution in [0.3, 0.4) is 0 Å². The molecule has 0 heterocycles. The number of hydrogen-bond acceptors (Lipinski definition) is 3. The average molecular weight is 301 g/mol. The van der Waals surface area contributed by atoms with E-state index >= 15 is 0 Å². The first-order valence-electron chi connectivity index (χ1n) is 8.55. The third-order valence-corrected chi connectivity index (χ3v) is 4.38. The third kappa shape index (κ3) is 18.0. The highest BCUT2D eigenvalue weighted by atomic mass is 32.2. The van der Waals surface area contributed by atoms with Crippen molar-refractivity contribution in [2.75, 3.05) is 5.75 Å². The lowest BCUT2D eigenvalue weighted by Gasteiger charge is -2.04. The Hall–Kier alpha value is 0.01000. The molecule has 0 amide bonds. The van der Waals surface area contributed by atoms with Gasteiger partial charge in [0.2, 0.25) is 0 Å². The molecule has 0 aromatic heterocycles. The molecule has 3 heteroatoms. The molecule has 0 saturated heterocycles. The van der Waals surface area contributed by atoms with E-state index in [1.807, 2.05) is 0 Å². The van der Waals surface area contributed by atoms with E-state index in [-0.39, 0.29) is 5.50 Å². The van der Waals surface area contributed by atoms with Gasteiger partial charge in [0.25, 0.3) is 0 Å². The van der Waals surface area contributed by atoms with Gasteiger partial charge in [-0.25, -0.2) is 0 Å². The molecule has 2 nitrogen and oxygen atoms in total. The minimum Gasteiger partial charge on any atom is -0.308 e. The summed E-state index contributed by atoms with van der Waals surface area (Å²) in [6, 6.07) is 0. The minimum atomic E-state index is -0.195. The molecule has 0 fully saturated rings. The van der Waals surface area contributed by atoms with Gasteiger partial charge in [0, 0.05) is 0 Å². The topological polar surface area (TPSA) is 52.0 Å². The Bertz CT molecular complexity index is 205. The van der Waals surface area contributed by atoms with E-state index in [4.69, 9.17) is 11.5 Å². The van der Waals surface area contributed by atoms with Crippen LogP contribution in [-0.2, 0) is 0 Å². The summed E-state index contributed by atoms with van der Waals surface area (Å²) in [7, 11) is 0. The van der Waals surface area contributed by atoms with Crippen molar-refractivity contribution < 1.29 is 0 Å². The van der Waals surface area contributed by atoms with E-state index in [2.05, 4.69) is 19.1 Å². The first kappa shape index (κ1) is 20.0. The Kier molecular flexibility index (Phi) is 17.1. The van der Waals surface area contributed by atoms with Crippen molar-refractivity contribution in [1.82, 2.24) is 0 Å². The molecule has 0 saturated carbocycles. The Morgan fingerprint density at radius 1 is 0.750 bits per heavy atom. The smallest absolute Gasteiger partial charge is 0.100 e. The Morgan fingerprint density at radius 3 is 1.80 bits per heavy atom. The van der Waals surface area contributed by atoms with Crippen molar-refractivity contribution in [3.8, 4) is 0 Å². The van der Waals surface area contributed by atoms with Gasteiger partial charge in [0.1, 0.15) is 5.50 Å². The summed E-state index contributed by atoms with van der Waals surface area (Å²) < 4.78 is 0. The van der Waals surface area contributed by atoms with Crippen LogP contribution in [0.5, 0.6) is 0 Å². The fourth-order valence-corrected chi connectivity index (χ4v) is 2.86. The predicted molar refractivity (Wildman–Crippen MR) is 94.8 cm³/mol. The van der Waals surface area contributed by atoms with Gasteiger partial charge in [-0.1, -0.05) is 64.0 Å². The van der Waals surface area contributed by atoms with E-state index < -0.39 is 0 Å². The van der Waals surface area contributed by atoms with Crippen LogP contribution in [0.2, 0.25) is 0 Å². The Balaban J connectivity index is 3.05. The molecule has 0 aliphatic heterocycles. The normalized spacial score (nSPS) is 11.8. The highest BCUT2D eigenvalue weighted by Gasteiger charge is 1.94. The highest BCUT2D eigenvalue weighted by molar-refractivity contribution is 7.99. The van der Waals surface area contributed by atoms with Crippen LogP contribution >= 0.6 is 11.8 Å². The Morgan fingerprint density at radius 2 is 1.25 bits per heavy atom. The first-order chi connectivity index (χ1) is 9.77. The second kappa shape index (κ2) is 17.1. The van der Waals surface area contributed by atoms with Crippen molar-refractivity contribution in [3.05, 3.63) is 12.2 Å². The zero-order valence-electron chi connectivity index (χ0n) is 13.5. The molecule has 0 bridgehead atoms. The molecule has 0 unspecified atom stereocenters. The second-order valence-corrected chi connectivity index (χ2v) is 6.85. The lowest BCUT2D eigenvalue weighted by Crippen LogP contribution is -2.26. The summed E-state index contributed by atoms with van der Waals surface area (Å²) in [5, 5.41) is 0. The van der Waals surface area contributed by atoms with Gasteiger partial charge in [0.05, 0.1) is 0 Å². The molecule has 0 spiro atoms. The van der Waals surface area contributed by atoms with Gasteiger partial charge in [-0.15, -0.1) is 11.8 Å². The summed E-state index contributed by atoms with van der Waals surface area (Å²) in [6.45, 7) is 2.27. The molecule has 4 N–H and O–H groups in total. The van der Waals surface area contributed by atoms with Gasteiger partial charge in [-0.3, -0.25) is 0 Å². The van der Waals surface area contributed by atoms with Gasteiger partial charge < -0.3 is 11.5 Å². The maximum absolute atomic E-state index is 5.48. The van der Waals surface area contributed by atoms with Gasteiger partial charge >= 0.3 is 0 Å². The van der Waals surface area contributed by atoms with Crippen molar-refractivity contribution >= 4 is 11.8 Å². The quantitative estimate of drug-likeness (QED) is 0.249. The molecule has 0 aromatic carbocycles. The van der Waals surface area contributed by atoms with Crippen LogP contribution in [0, 0.1) is 0 Å². The molecule has 0 radical (unpaired) electrons. The van der Waals surface area contributed by atoms with Gasteiger partial charge in [-0.2, -0.15) is 0 Å². The van der Waals surface area contributed by atoms with Crippen LogP contribution in [-0.4, -0.2) is 11.3 Å². The number of nitrogens with two attached hydrogens (primary N) is 2. The highest BCUT2D eigenvalue weighted by Crippen LogP contribution is 2.10. The van der Waals surface area contributed by atoms with Crippen LogP contribution in [0.25, 0.3) is 0 Å². The second-order valence-electron chi connectivity index (χ2n) is 5.57. The largest absolute Gasteiger partial charge is 0.308 e. The van der Waals surface area contributed by atoms with E-state index in [0.717, 1.165) is 5.75 Å². The first-order valence-corrected chi connectivity index (χ1v) is 9.60. The van der Waals surface area contributed by atoms with E-state index in [9.17, 15) is 0 Å². The van der Waals surface area contributed by atoms with E-state index in [1.54, 1.807) is 11.8 Å². The number of allylic oxidation sites excluding steroid dienone is 2. The average Bonchev–Trinajstić information content (AvgIpc) is 2.43. The Labute approximate surface area is 131 Å². The zero-order valence-corrected chi connectivity index (χ0v) is 14.3. The number of unbranched alkanes of at least 4 members (excludes halogenated alkanes) is 10. The predicted octanol–water partition coefficient (Wildman–Crippen LogP) is 5.18. The van der Waals surface area contributed by atoms with Crippen LogP contribution in [0.4, 0.5) is 0 Å². The molecule has 0 aliphatic carbocycles. The fraction of sp³-hybridized carbons (Fsp3) is 0.882. The van der Waals surface area contributed by atoms with Crippen molar-refractivity contribution in [1.29, 1.82) is 0 Å². The molecule has 0 rings (SSSR count). The third-order valence-electron chi connectivity index (χ3n) is 3.47. The summed E-state index contributed by atoms with van der Waals surface area (Å²) in [6.07, 6.45) is 20.9. The van der Waals surface area contributed by atoms with Crippen LogP contribution in [0.1, 0.15) is 84.0 Å². The maximum Gasteiger partial charge on any atom is 0.100 e. The zero-order chi connectivity index (χ0) is 14.9. The van der Waals surface area contributed by atoms with Crippen LogP contribution in [0.15, 0.2) is 12.2 Å². The molecule has 120 valence electrons. The van der Waals surface area contributed by atoms with Gasteiger partial charge in [0.15, 0.2) is 0 Å². The molecular weight excluding hydrogens is 264 g/mol. The van der Waals surface area contributed by atoms with Crippen molar-refractivity contribution in [2.45, 2.75) is 89.5 Å². The summed E-state index contributed by atoms with van der Waals surface area (Å²) in [5.74, 6) is 1.10. The fourth-order valence-electron chi connectivity index (χ4n) is 2.22. The SMILES string of the molecule is CCCCCCCC/C=C\CCCCCCSC(N)N. The van der Waals surface area contributed by atoms with Crippen LogP contribution < -0.4 is 11.5 Å². The van der Waals surface area contributed by atoms with E-state index in [0.29, 0.717) is 0 Å². The summed E-state index contributed by atoms with van der Waals surface area (Å²) >= 11 is 1.66. The summed E-state index contributed by atoms with van der Waals surface area (Å²) in [5.41, 5.74) is 10.8. The van der Waals surface area contributed by atoms with E-state index in [1.165, 1.54) is 77.0 Å². The molecule has 0 atom stereocenters. The molecular formula is C17H36N2S. The standard InChI is InChI=1S/C17H36N2S/c1-2-3-4-5-6-7-8-9-10-11-12-13-14-15-16-20-17(18)19/h9-10,17H,2-8,11-16,18-19H2,1H3/b10-9-. The number of thioether (sulfide) groups is 1.